The van der Waals surface area contributed by atoms with Gasteiger partial charge in [-0.15, -0.1) is 5.10 Å². The molecule has 2 atom stereocenters. The highest BCUT2D eigenvalue weighted by Crippen LogP contribution is 2.31. The van der Waals surface area contributed by atoms with Crippen LogP contribution < -0.4 is 5.32 Å². The molecular weight excluding hydrogens is 620 g/mol. The molecule has 3 aromatic carbocycles. The fourth-order valence-electron chi connectivity index (χ4n) is 6.38. The molecular formula is C36H32N10O3. The van der Waals surface area contributed by atoms with E-state index in [2.05, 4.69) is 47.8 Å². The highest BCUT2D eigenvalue weighted by Gasteiger charge is 2.42. The maximum Gasteiger partial charge on any atom is 0.328 e. The number of fused-ring (bicyclic) bond motifs is 2. The molecule has 8 rings (SSSR count). The highest BCUT2D eigenvalue weighted by molar-refractivity contribution is 5.99. The van der Waals surface area contributed by atoms with E-state index in [9.17, 15) is 9.59 Å². The summed E-state index contributed by atoms with van der Waals surface area (Å²) in [6, 6.07) is 26.6. The quantitative estimate of drug-likeness (QED) is 0.214. The van der Waals surface area contributed by atoms with Crippen LogP contribution in [-0.2, 0) is 16.1 Å². The van der Waals surface area contributed by atoms with E-state index in [-0.39, 0.29) is 18.5 Å². The minimum absolute atomic E-state index is 0.245. The highest BCUT2D eigenvalue weighted by atomic mass is 16.5. The van der Waals surface area contributed by atoms with Crippen molar-refractivity contribution in [3.8, 4) is 17.2 Å². The number of pyridine rings is 1. The summed E-state index contributed by atoms with van der Waals surface area (Å²) >= 11 is 0. The third-order valence-corrected chi connectivity index (χ3v) is 8.93. The number of imidazole rings is 1. The van der Waals surface area contributed by atoms with Gasteiger partial charge in [0.2, 0.25) is 5.95 Å². The second-order valence-corrected chi connectivity index (χ2v) is 12.1. The number of carbonyl (C=O) groups is 2. The van der Waals surface area contributed by atoms with Crippen LogP contribution in [0.25, 0.3) is 39.3 Å². The molecule has 13 nitrogen and oxygen atoms in total. The number of aromatic amines is 1. The van der Waals surface area contributed by atoms with E-state index in [4.69, 9.17) is 4.74 Å². The number of esters is 1. The number of amides is 1. The molecule has 5 heterocycles. The van der Waals surface area contributed by atoms with Crippen LogP contribution in [0.4, 0.5) is 5.69 Å². The summed E-state index contributed by atoms with van der Waals surface area (Å²) in [6.07, 6.45) is 3.70. The first kappa shape index (κ1) is 30.0. The number of aromatic nitrogens is 8. The molecule has 4 aromatic heterocycles. The van der Waals surface area contributed by atoms with E-state index in [1.54, 1.807) is 15.4 Å². The van der Waals surface area contributed by atoms with Crippen LogP contribution >= 0.6 is 0 Å². The second-order valence-electron chi connectivity index (χ2n) is 12.1. The molecule has 0 aliphatic carbocycles. The zero-order chi connectivity index (χ0) is 33.5. The fourth-order valence-corrected chi connectivity index (χ4v) is 6.38. The van der Waals surface area contributed by atoms with Crippen molar-refractivity contribution < 1.29 is 14.3 Å². The summed E-state index contributed by atoms with van der Waals surface area (Å²) in [5.74, 6) is -0.293. The molecule has 0 radical (unpaired) electrons. The minimum Gasteiger partial charge on any atom is -0.467 e. The van der Waals surface area contributed by atoms with Gasteiger partial charge in [0.1, 0.15) is 11.7 Å². The molecule has 2 N–H and O–H groups in total. The lowest BCUT2D eigenvalue weighted by atomic mass is 10.1. The number of likely N-dealkylation sites (tertiary alicyclic amines) is 1. The molecule has 0 bridgehead atoms. The lowest BCUT2D eigenvalue weighted by Gasteiger charge is -2.22. The standard InChI is InChI=1S/C36H32N10O3/c1-22-28-16-25(19-38-33(28)46(42-22)36-39-29-13-6-7-14-30(29)40-36)34(47)44-20-27(17-32(44)35(48)49-2)45-21-31(41-43-45)24-11-8-12-26(15-24)37-18-23-9-4-3-5-10-23/h3-16,19,21,27,32,37H,17-18,20H2,1-2H3,(H,39,40)/t27-,32+/m1/s1. The molecule has 0 unspecified atom stereocenters. The third kappa shape index (κ3) is 5.64. The minimum atomic E-state index is -0.796. The smallest absolute Gasteiger partial charge is 0.328 e. The Morgan fingerprint density at radius 1 is 1.02 bits per heavy atom. The van der Waals surface area contributed by atoms with Gasteiger partial charge in [-0.25, -0.2) is 19.4 Å². The average molecular weight is 653 g/mol. The molecule has 1 fully saturated rings. The van der Waals surface area contributed by atoms with Crippen molar-refractivity contribution >= 4 is 39.6 Å². The van der Waals surface area contributed by atoms with Crippen molar-refractivity contribution in [2.45, 2.75) is 32.0 Å². The van der Waals surface area contributed by atoms with Gasteiger partial charge in [-0.2, -0.15) is 9.78 Å². The van der Waals surface area contributed by atoms with E-state index in [0.717, 1.165) is 22.3 Å². The van der Waals surface area contributed by atoms with Gasteiger partial charge in [0.15, 0.2) is 5.65 Å². The summed E-state index contributed by atoms with van der Waals surface area (Å²) in [5, 5.41) is 17.7. The van der Waals surface area contributed by atoms with Crippen molar-refractivity contribution in [2.75, 3.05) is 19.0 Å². The predicted octanol–water partition coefficient (Wildman–Crippen LogP) is 5.10. The van der Waals surface area contributed by atoms with E-state index in [0.29, 0.717) is 46.9 Å². The van der Waals surface area contributed by atoms with E-state index in [1.807, 2.05) is 79.9 Å². The molecule has 49 heavy (non-hydrogen) atoms. The van der Waals surface area contributed by atoms with E-state index in [1.165, 1.54) is 23.8 Å². The Labute approximate surface area is 280 Å². The number of hydrogen-bond acceptors (Lipinski definition) is 9. The number of para-hydroxylation sites is 2. The number of rotatable bonds is 8. The molecule has 0 saturated carbocycles. The van der Waals surface area contributed by atoms with Crippen LogP contribution in [0.5, 0.6) is 0 Å². The lowest BCUT2D eigenvalue weighted by Crippen LogP contribution is -2.41. The number of nitrogens with one attached hydrogen (secondary N) is 2. The van der Waals surface area contributed by atoms with Gasteiger partial charge in [-0.05, 0) is 42.8 Å². The zero-order valence-electron chi connectivity index (χ0n) is 26.8. The van der Waals surface area contributed by atoms with Crippen LogP contribution in [0.3, 0.4) is 0 Å². The number of H-pyrrole nitrogens is 1. The topological polar surface area (TPSA) is 149 Å². The molecule has 1 saturated heterocycles. The van der Waals surface area contributed by atoms with Crippen molar-refractivity contribution in [1.82, 2.24) is 44.6 Å². The normalized spacial score (nSPS) is 16.0. The molecule has 13 heteroatoms. The molecule has 244 valence electrons. The van der Waals surface area contributed by atoms with Gasteiger partial charge in [0.25, 0.3) is 5.91 Å². The Kier molecular flexibility index (Phi) is 7.55. The monoisotopic (exact) mass is 652 g/mol. The first-order valence-corrected chi connectivity index (χ1v) is 15.9. The summed E-state index contributed by atoms with van der Waals surface area (Å²) in [4.78, 5) is 41.1. The first-order valence-electron chi connectivity index (χ1n) is 15.9. The molecule has 1 aliphatic rings. The summed E-state index contributed by atoms with van der Waals surface area (Å²) in [6.45, 7) is 2.80. The number of aryl methyl sites for hydroxylation is 1. The van der Waals surface area contributed by atoms with Crippen LogP contribution in [0.2, 0.25) is 0 Å². The number of methoxy groups -OCH3 is 1. The van der Waals surface area contributed by atoms with E-state index < -0.39 is 12.0 Å². The number of benzene rings is 3. The fraction of sp³-hybridized carbons (Fsp3) is 0.194. The third-order valence-electron chi connectivity index (χ3n) is 8.93. The average Bonchev–Trinajstić information content (AvgIpc) is 3.95. The number of anilines is 1. The first-order chi connectivity index (χ1) is 23.9. The van der Waals surface area contributed by atoms with Crippen molar-refractivity contribution in [1.29, 1.82) is 0 Å². The Morgan fingerprint density at radius 3 is 2.69 bits per heavy atom. The predicted molar refractivity (Wildman–Crippen MR) is 183 cm³/mol. The largest absolute Gasteiger partial charge is 0.467 e. The van der Waals surface area contributed by atoms with Gasteiger partial charge in [-0.3, -0.25) is 4.79 Å². The van der Waals surface area contributed by atoms with Crippen LogP contribution in [0, 0.1) is 6.92 Å². The van der Waals surface area contributed by atoms with Gasteiger partial charge in [0.05, 0.1) is 41.6 Å². The molecule has 1 aliphatic heterocycles. The van der Waals surface area contributed by atoms with Crippen LogP contribution in [-0.4, -0.2) is 76.2 Å². The number of hydrogen-bond donors (Lipinski definition) is 2. The van der Waals surface area contributed by atoms with Gasteiger partial charge in [-0.1, -0.05) is 59.8 Å². The lowest BCUT2D eigenvalue weighted by molar-refractivity contribution is -0.145. The Balaban J connectivity index is 1.03. The van der Waals surface area contributed by atoms with Crippen molar-refractivity contribution in [3.63, 3.8) is 0 Å². The van der Waals surface area contributed by atoms with Gasteiger partial charge < -0.3 is 19.9 Å². The maximum absolute atomic E-state index is 14.0. The summed E-state index contributed by atoms with van der Waals surface area (Å²) < 4.78 is 8.49. The Hall–Kier alpha value is -6.37. The molecule has 0 spiro atoms. The van der Waals surface area contributed by atoms with Crippen molar-refractivity contribution in [2.24, 2.45) is 0 Å². The summed E-state index contributed by atoms with van der Waals surface area (Å²) in [7, 11) is 1.33. The van der Waals surface area contributed by atoms with Crippen LogP contribution in [0.15, 0.2) is 97.3 Å². The Bertz CT molecular complexity index is 2290. The van der Waals surface area contributed by atoms with Gasteiger partial charge >= 0.3 is 5.97 Å². The summed E-state index contributed by atoms with van der Waals surface area (Å²) in [5.41, 5.74) is 7.02. The molecule has 7 aromatic rings. The SMILES string of the molecule is COC(=O)[C@@H]1C[C@@H](n2cc(-c3cccc(NCc4ccccc4)c3)nn2)CN1C(=O)c1cnc2c(c1)c(C)nn2-c1nc2ccccc2[nH]1. The number of nitrogens with zero attached hydrogens (tertiary/aromatic N) is 8. The Morgan fingerprint density at radius 2 is 1.86 bits per heavy atom. The molecule has 1 amide bonds. The van der Waals surface area contributed by atoms with E-state index >= 15 is 0 Å². The van der Waals surface area contributed by atoms with Crippen LogP contribution in [0.1, 0.15) is 34.1 Å². The number of ether oxygens (including phenoxy) is 1. The maximum atomic E-state index is 14.0. The number of carbonyl (C=O) groups excluding carboxylic acids is 2. The van der Waals surface area contributed by atoms with Gasteiger partial charge in [0, 0.05) is 42.3 Å². The van der Waals surface area contributed by atoms with Crippen molar-refractivity contribution in [3.05, 3.63) is 114 Å². The zero-order valence-corrected chi connectivity index (χ0v) is 26.8. The second kappa shape index (κ2) is 12.3.